The van der Waals surface area contributed by atoms with E-state index >= 15 is 0 Å². The number of rotatable bonds is 6. The molecule has 1 aromatic rings. The van der Waals surface area contributed by atoms with E-state index in [0.717, 1.165) is 12.8 Å². The molecule has 0 aliphatic rings. The molecule has 0 aliphatic heterocycles. The summed E-state index contributed by atoms with van der Waals surface area (Å²) >= 11 is 0. The minimum Gasteiger partial charge on any atom is -0.860 e. The van der Waals surface area contributed by atoms with Gasteiger partial charge in [0.2, 0.25) is 0 Å². The smallest absolute Gasteiger partial charge is 0.133 e. The van der Waals surface area contributed by atoms with Crippen LogP contribution < -0.4 is 19.4 Å². The van der Waals surface area contributed by atoms with Crippen molar-refractivity contribution in [1.82, 2.24) is 0 Å². The van der Waals surface area contributed by atoms with E-state index in [2.05, 4.69) is 11.6 Å². The Balaban J connectivity index is 2.42. The summed E-state index contributed by atoms with van der Waals surface area (Å²) in [5.74, 6) is 0.983. The SMILES string of the molecule is CCCCOc1ccc(OB([O-])[O-])cc1. The molecule has 5 heteroatoms. The maximum atomic E-state index is 10.2. The number of benzene rings is 1. The zero-order chi connectivity index (χ0) is 11.1. The van der Waals surface area contributed by atoms with E-state index in [1.165, 1.54) is 0 Å². The van der Waals surface area contributed by atoms with Crippen molar-refractivity contribution >= 4 is 7.32 Å². The standard InChI is InChI=1S/C10H13BO4/c1-2-3-8-14-9-4-6-10(7-5-9)15-11(12)13/h4-7H,2-3,8H2,1H3/q-2. The Labute approximate surface area is 89.6 Å². The monoisotopic (exact) mass is 208 g/mol. The van der Waals surface area contributed by atoms with Crippen LogP contribution in [0.3, 0.4) is 0 Å². The maximum Gasteiger partial charge on any atom is 0.133 e. The quantitative estimate of drug-likeness (QED) is 0.485. The Kier molecular flexibility index (Phi) is 5.00. The van der Waals surface area contributed by atoms with Crippen molar-refractivity contribution < 1.29 is 19.4 Å². The van der Waals surface area contributed by atoms with Gasteiger partial charge in [0.05, 0.1) is 12.4 Å². The summed E-state index contributed by atoms with van der Waals surface area (Å²) in [5.41, 5.74) is 0. The van der Waals surface area contributed by atoms with Crippen LogP contribution in [0.25, 0.3) is 0 Å². The van der Waals surface area contributed by atoms with E-state index in [-0.39, 0.29) is 5.75 Å². The lowest BCUT2D eigenvalue weighted by molar-refractivity contribution is -0.372. The van der Waals surface area contributed by atoms with Crippen LogP contribution in [0.5, 0.6) is 11.5 Å². The molecule has 15 heavy (non-hydrogen) atoms. The van der Waals surface area contributed by atoms with Crippen LogP contribution in [0.4, 0.5) is 0 Å². The second kappa shape index (κ2) is 6.32. The molecule has 0 spiro atoms. The normalized spacial score (nSPS) is 9.80. The molecule has 0 aliphatic carbocycles. The summed E-state index contributed by atoms with van der Waals surface area (Å²) in [4.78, 5) is 0. The van der Waals surface area contributed by atoms with Gasteiger partial charge in [-0.1, -0.05) is 13.3 Å². The van der Waals surface area contributed by atoms with Crippen molar-refractivity contribution in [2.75, 3.05) is 6.61 Å². The number of hydrogen-bond donors (Lipinski definition) is 0. The van der Waals surface area contributed by atoms with E-state index in [0.29, 0.717) is 12.4 Å². The van der Waals surface area contributed by atoms with E-state index in [1.54, 1.807) is 24.3 Å². The van der Waals surface area contributed by atoms with Gasteiger partial charge in [0.15, 0.2) is 0 Å². The lowest BCUT2D eigenvalue weighted by atomic mass is 10.2. The Morgan fingerprint density at radius 2 is 1.73 bits per heavy atom. The fourth-order valence-corrected chi connectivity index (χ4v) is 1.06. The van der Waals surface area contributed by atoms with Crippen LogP contribution in [0, 0.1) is 0 Å². The maximum absolute atomic E-state index is 10.2. The van der Waals surface area contributed by atoms with Crippen LogP contribution in [-0.2, 0) is 0 Å². The van der Waals surface area contributed by atoms with Crippen molar-refractivity contribution in [2.24, 2.45) is 0 Å². The molecule has 0 aromatic heterocycles. The van der Waals surface area contributed by atoms with Gasteiger partial charge in [-0.2, -0.15) is 0 Å². The minimum atomic E-state index is -2.28. The van der Waals surface area contributed by atoms with E-state index < -0.39 is 7.32 Å². The van der Waals surface area contributed by atoms with Crippen molar-refractivity contribution in [2.45, 2.75) is 19.8 Å². The van der Waals surface area contributed by atoms with Crippen LogP contribution in [-0.4, -0.2) is 13.9 Å². The number of ether oxygens (including phenoxy) is 1. The van der Waals surface area contributed by atoms with Crippen molar-refractivity contribution in [3.63, 3.8) is 0 Å². The van der Waals surface area contributed by atoms with E-state index in [4.69, 9.17) is 4.74 Å². The summed E-state index contributed by atoms with van der Waals surface area (Å²) in [7, 11) is -2.28. The molecule has 0 saturated carbocycles. The van der Waals surface area contributed by atoms with Gasteiger partial charge < -0.3 is 19.4 Å². The molecule has 0 atom stereocenters. The van der Waals surface area contributed by atoms with E-state index in [9.17, 15) is 10.0 Å². The zero-order valence-electron chi connectivity index (χ0n) is 8.64. The second-order valence-corrected chi connectivity index (χ2v) is 3.08. The molecule has 0 bridgehead atoms. The fourth-order valence-electron chi connectivity index (χ4n) is 1.06. The van der Waals surface area contributed by atoms with Gasteiger partial charge in [0, 0.05) is 0 Å². The Morgan fingerprint density at radius 3 is 2.27 bits per heavy atom. The van der Waals surface area contributed by atoms with Gasteiger partial charge in [0.1, 0.15) is 13.1 Å². The average molecular weight is 208 g/mol. The number of hydrogen-bond acceptors (Lipinski definition) is 4. The fraction of sp³-hybridized carbons (Fsp3) is 0.400. The lowest BCUT2D eigenvalue weighted by Crippen LogP contribution is -2.50. The molecule has 0 N–H and O–H groups in total. The first-order valence-corrected chi connectivity index (χ1v) is 4.93. The third-order valence-electron chi connectivity index (χ3n) is 1.82. The highest BCUT2D eigenvalue weighted by Crippen LogP contribution is 2.17. The topological polar surface area (TPSA) is 64.6 Å². The van der Waals surface area contributed by atoms with Crippen LogP contribution in [0.15, 0.2) is 24.3 Å². The van der Waals surface area contributed by atoms with Gasteiger partial charge in [-0.05, 0) is 30.7 Å². The molecular weight excluding hydrogens is 195 g/mol. The average Bonchev–Trinajstić information content (AvgIpc) is 2.20. The second-order valence-electron chi connectivity index (χ2n) is 3.08. The van der Waals surface area contributed by atoms with Gasteiger partial charge >= 0.3 is 0 Å². The predicted octanol–water partition coefficient (Wildman–Crippen LogP) is -0.0502. The third kappa shape index (κ3) is 4.72. The first-order valence-electron chi connectivity index (χ1n) is 4.93. The summed E-state index contributed by atoms with van der Waals surface area (Å²) < 4.78 is 9.82. The molecule has 4 nitrogen and oxygen atoms in total. The van der Waals surface area contributed by atoms with Gasteiger partial charge in [-0.15, -0.1) is 0 Å². The van der Waals surface area contributed by atoms with Crippen molar-refractivity contribution in [3.8, 4) is 11.5 Å². The van der Waals surface area contributed by atoms with Crippen LogP contribution in [0.1, 0.15) is 19.8 Å². The molecular formula is C10H13BO4-2. The summed E-state index contributed by atoms with van der Waals surface area (Å²) in [6.45, 7) is 2.76. The van der Waals surface area contributed by atoms with Crippen molar-refractivity contribution in [3.05, 3.63) is 24.3 Å². The predicted molar refractivity (Wildman–Crippen MR) is 53.2 cm³/mol. The minimum absolute atomic E-state index is 0.271. The summed E-state index contributed by atoms with van der Waals surface area (Å²) in [6, 6.07) is 6.44. The lowest BCUT2D eigenvalue weighted by Gasteiger charge is -2.26. The molecule has 1 aromatic carbocycles. The summed E-state index contributed by atoms with van der Waals surface area (Å²) in [6.07, 6.45) is 2.08. The van der Waals surface area contributed by atoms with Gasteiger partial charge in [-0.25, -0.2) is 0 Å². The molecule has 0 heterocycles. The van der Waals surface area contributed by atoms with Gasteiger partial charge in [-0.3, -0.25) is 0 Å². The molecule has 0 amide bonds. The number of unbranched alkanes of at least 4 members (excludes halogenated alkanes) is 1. The Hall–Kier alpha value is -1.20. The first kappa shape index (κ1) is 11.9. The molecule has 0 unspecified atom stereocenters. The first-order chi connectivity index (χ1) is 7.22. The third-order valence-corrected chi connectivity index (χ3v) is 1.82. The molecule has 0 radical (unpaired) electrons. The van der Waals surface area contributed by atoms with Crippen LogP contribution in [0.2, 0.25) is 0 Å². The molecule has 82 valence electrons. The van der Waals surface area contributed by atoms with Crippen molar-refractivity contribution in [1.29, 1.82) is 0 Å². The Morgan fingerprint density at radius 1 is 1.13 bits per heavy atom. The molecule has 0 saturated heterocycles. The zero-order valence-corrected chi connectivity index (χ0v) is 8.64. The molecule has 0 fully saturated rings. The van der Waals surface area contributed by atoms with E-state index in [1.807, 2.05) is 0 Å². The molecule has 1 rings (SSSR count). The van der Waals surface area contributed by atoms with Gasteiger partial charge in [0.25, 0.3) is 0 Å². The largest absolute Gasteiger partial charge is 0.860 e. The Bertz CT molecular complexity index is 273. The highest BCUT2D eigenvalue weighted by molar-refractivity contribution is 6.29. The summed E-state index contributed by atoms with van der Waals surface area (Å²) in [5, 5.41) is 20.4. The highest BCUT2D eigenvalue weighted by atomic mass is 16.6. The van der Waals surface area contributed by atoms with Crippen LogP contribution >= 0.6 is 0 Å². The highest BCUT2D eigenvalue weighted by Gasteiger charge is 1.94.